The smallest absolute Gasteiger partial charge is 0.254 e. The van der Waals surface area contributed by atoms with Crippen molar-refractivity contribution in [1.29, 1.82) is 0 Å². The highest BCUT2D eigenvalue weighted by atomic mass is 16.2. The molecule has 3 rings (SSSR count). The van der Waals surface area contributed by atoms with Gasteiger partial charge < -0.3 is 15.1 Å². The molecule has 5 heteroatoms. The Hall–Kier alpha value is -2.66. The molecule has 5 nitrogen and oxygen atoms in total. The molecule has 1 N–H and O–H groups in total. The fraction of sp³-hybridized carbons (Fsp3) is 0.364. The van der Waals surface area contributed by atoms with E-state index in [2.05, 4.69) is 22.3 Å². The standard InChI is InChI=1S/C22H27N3O2/c1-24(2)14-5-13-23-21(26)18-8-10-19(11-9-18)22(27)25-15-12-17-6-3-4-7-20(17)16-25/h3-4,6-11H,5,12-16H2,1-2H3,(H,23,26). The van der Waals surface area contributed by atoms with Gasteiger partial charge in [-0.1, -0.05) is 24.3 Å². The molecule has 0 fully saturated rings. The van der Waals surface area contributed by atoms with E-state index in [0.29, 0.717) is 24.2 Å². The number of amides is 2. The maximum absolute atomic E-state index is 12.8. The second-order valence-corrected chi connectivity index (χ2v) is 7.24. The predicted octanol–water partition coefficient (Wildman–Crippen LogP) is 2.57. The van der Waals surface area contributed by atoms with Gasteiger partial charge in [-0.3, -0.25) is 9.59 Å². The van der Waals surface area contributed by atoms with Crippen molar-refractivity contribution in [2.45, 2.75) is 19.4 Å². The highest BCUT2D eigenvalue weighted by Gasteiger charge is 2.21. The molecule has 0 saturated heterocycles. The van der Waals surface area contributed by atoms with Gasteiger partial charge in [-0.2, -0.15) is 0 Å². The third-order valence-corrected chi connectivity index (χ3v) is 4.88. The molecule has 1 heterocycles. The largest absolute Gasteiger partial charge is 0.352 e. The molecule has 2 aromatic rings. The number of nitrogens with one attached hydrogen (secondary N) is 1. The average molecular weight is 365 g/mol. The molecule has 0 unspecified atom stereocenters. The summed E-state index contributed by atoms with van der Waals surface area (Å²) in [6, 6.07) is 15.2. The summed E-state index contributed by atoms with van der Waals surface area (Å²) < 4.78 is 0. The van der Waals surface area contributed by atoms with Crippen molar-refractivity contribution in [1.82, 2.24) is 15.1 Å². The van der Waals surface area contributed by atoms with Gasteiger partial charge in [0, 0.05) is 30.8 Å². The van der Waals surface area contributed by atoms with Gasteiger partial charge in [-0.05, 0) is 68.9 Å². The fourth-order valence-corrected chi connectivity index (χ4v) is 3.32. The summed E-state index contributed by atoms with van der Waals surface area (Å²) in [5.41, 5.74) is 3.74. The zero-order valence-electron chi connectivity index (χ0n) is 16.1. The highest BCUT2D eigenvalue weighted by molar-refractivity contribution is 5.97. The summed E-state index contributed by atoms with van der Waals surface area (Å²) in [7, 11) is 4.02. The molecule has 0 aliphatic carbocycles. The average Bonchev–Trinajstić information content (AvgIpc) is 2.70. The van der Waals surface area contributed by atoms with Crippen molar-refractivity contribution >= 4 is 11.8 Å². The Morgan fingerprint density at radius 3 is 2.37 bits per heavy atom. The van der Waals surface area contributed by atoms with Crippen LogP contribution in [-0.4, -0.2) is 55.3 Å². The quantitative estimate of drug-likeness (QED) is 0.801. The minimum Gasteiger partial charge on any atom is -0.352 e. The second kappa shape index (κ2) is 8.82. The van der Waals surface area contributed by atoms with Crippen LogP contribution in [0.4, 0.5) is 0 Å². The van der Waals surface area contributed by atoms with Crippen LogP contribution in [0.1, 0.15) is 38.3 Å². The lowest BCUT2D eigenvalue weighted by Crippen LogP contribution is -2.36. The van der Waals surface area contributed by atoms with Gasteiger partial charge >= 0.3 is 0 Å². The lowest BCUT2D eigenvalue weighted by Gasteiger charge is -2.29. The van der Waals surface area contributed by atoms with E-state index >= 15 is 0 Å². The van der Waals surface area contributed by atoms with Crippen LogP contribution in [0.3, 0.4) is 0 Å². The first-order valence-electron chi connectivity index (χ1n) is 9.43. The van der Waals surface area contributed by atoms with Gasteiger partial charge in [-0.15, -0.1) is 0 Å². The maximum atomic E-state index is 12.8. The number of fused-ring (bicyclic) bond motifs is 1. The second-order valence-electron chi connectivity index (χ2n) is 7.24. The summed E-state index contributed by atoms with van der Waals surface area (Å²) in [6.45, 7) is 2.95. The van der Waals surface area contributed by atoms with Gasteiger partial charge in [0.1, 0.15) is 0 Å². The lowest BCUT2D eigenvalue weighted by molar-refractivity contribution is 0.0734. The van der Waals surface area contributed by atoms with Gasteiger partial charge in [0.2, 0.25) is 0 Å². The van der Waals surface area contributed by atoms with E-state index < -0.39 is 0 Å². The van der Waals surface area contributed by atoms with Gasteiger partial charge in [-0.25, -0.2) is 0 Å². The molecule has 0 aromatic heterocycles. The Morgan fingerprint density at radius 1 is 1.00 bits per heavy atom. The molecular weight excluding hydrogens is 338 g/mol. The van der Waals surface area contributed by atoms with E-state index in [0.717, 1.165) is 25.9 Å². The number of carbonyl (C=O) groups is 2. The van der Waals surface area contributed by atoms with E-state index in [1.54, 1.807) is 24.3 Å². The Morgan fingerprint density at radius 2 is 1.67 bits per heavy atom. The zero-order valence-corrected chi connectivity index (χ0v) is 16.1. The van der Waals surface area contributed by atoms with Crippen molar-refractivity contribution in [3.63, 3.8) is 0 Å². The third kappa shape index (κ3) is 4.95. The normalized spacial score (nSPS) is 13.4. The van der Waals surface area contributed by atoms with E-state index in [4.69, 9.17) is 0 Å². The number of hydrogen-bond acceptors (Lipinski definition) is 3. The summed E-state index contributed by atoms with van der Waals surface area (Å²) in [5, 5.41) is 2.92. The minimum absolute atomic E-state index is 0.0162. The molecule has 0 saturated carbocycles. The molecule has 0 atom stereocenters. The highest BCUT2D eigenvalue weighted by Crippen LogP contribution is 2.20. The molecule has 2 aromatic carbocycles. The Kier molecular flexibility index (Phi) is 6.24. The number of rotatable bonds is 6. The fourth-order valence-electron chi connectivity index (χ4n) is 3.32. The molecule has 1 aliphatic rings. The van der Waals surface area contributed by atoms with Crippen LogP contribution in [-0.2, 0) is 13.0 Å². The first-order chi connectivity index (χ1) is 13.0. The van der Waals surface area contributed by atoms with Crippen LogP contribution in [0.2, 0.25) is 0 Å². The lowest BCUT2D eigenvalue weighted by atomic mass is 9.99. The zero-order chi connectivity index (χ0) is 19.2. The minimum atomic E-state index is -0.0975. The first-order valence-corrected chi connectivity index (χ1v) is 9.43. The van der Waals surface area contributed by atoms with Crippen LogP contribution in [0, 0.1) is 0 Å². The summed E-state index contributed by atoms with van der Waals surface area (Å²) in [4.78, 5) is 28.9. The van der Waals surface area contributed by atoms with E-state index in [9.17, 15) is 9.59 Å². The van der Waals surface area contributed by atoms with Crippen molar-refractivity contribution in [2.75, 3.05) is 33.7 Å². The summed E-state index contributed by atoms with van der Waals surface area (Å²) in [6.07, 6.45) is 1.79. The van der Waals surface area contributed by atoms with Gasteiger partial charge in [0.15, 0.2) is 0 Å². The van der Waals surface area contributed by atoms with E-state index in [1.165, 1.54) is 11.1 Å². The molecule has 0 spiro atoms. The molecule has 2 amide bonds. The number of carbonyl (C=O) groups excluding carboxylic acids is 2. The van der Waals surface area contributed by atoms with Crippen LogP contribution in [0.15, 0.2) is 48.5 Å². The molecule has 27 heavy (non-hydrogen) atoms. The molecule has 0 bridgehead atoms. The molecular formula is C22H27N3O2. The number of hydrogen-bond donors (Lipinski definition) is 1. The van der Waals surface area contributed by atoms with Crippen LogP contribution >= 0.6 is 0 Å². The van der Waals surface area contributed by atoms with Gasteiger partial charge in [0.25, 0.3) is 11.8 Å². The molecule has 1 aliphatic heterocycles. The monoisotopic (exact) mass is 365 g/mol. The molecule has 142 valence electrons. The predicted molar refractivity (Wildman–Crippen MR) is 107 cm³/mol. The van der Waals surface area contributed by atoms with Crippen LogP contribution in [0.5, 0.6) is 0 Å². The number of nitrogens with zero attached hydrogens (tertiary/aromatic N) is 2. The third-order valence-electron chi connectivity index (χ3n) is 4.88. The van der Waals surface area contributed by atoms with Crippen molar-refractivity contribution in [3.8, 4) is 0 Å². The van der Waals surface area contributed by atoms with Gasteiger partial charge in [0.05, 0.1) is 0 Å². The molecule has 0 radical (unpaired) electrons. The number of benzene rings is 2. The Balaban J connectivity index is 1.57. The SMILES string of the molecule is CN(C)CCCNC(=O)c1ccc(C(=O)N2CCc3ccccc3C2)cc1. The van der Waals surface area contributed by atoms with Crippen molar-refractivity contribution in [2.24, 2.45) is 0 Å². The summed E-state index contributed by atoms with van der Waals surface area (Å²) >= 11 is 0. The topological polar surface area (TPSA) is 52.7 Å². The first kappa shape index (κ1) is 19.1. The van der Waals surface area contributed by atoms with Crippen molar-refractivity contribution < 1.29 is 9.59 Å². The summed E-state index contributed by atoms with van der Waals surface area (Å²) in [5.74, 6) is -0.0814. The van der Waals surface area contributed by atoms with Crippen LogP contribution in [0.25, 0.3) is 0 Å². The Labute approximate surface area is 161 Å². The Bertz CT molecular complexity index is 799. The van der Waals surface area contributed by atoms with E-state index in [1.807, 2.05) is 31.1 Å². The van der Waals surface area contributed by atoms with Crippen LogP contribution < -0.4 is 5.32 Å². The van der Waals surface area contributed by atoms with Crippen molar-refractivity contribution in [3.05, 3.63) is 70.8 Å². The maximum Gasteiger partial charge on any atom is 0.254 e. The van der Waals surface area contributed by atoms with E-state index in [-0.39, 0.29) is 11.8 Å².